The van der Waals surface area contributed by atoms with Gasteiger partial charge in [-0.2, -0.15) is 0 Å². The fourth-order valence-electron chi connectivity index (χ4n) is 1.91. The summed E-state index contributed by atoms with van der Waals surface area (Å²) in [4.78, 5) is 25.9. The molecule has 7 nitrogen and oxygen atoms in total. The van der Waals surface area contributed by atoms with Crippen LogP contribution in [0.15, 0.2) is 12.7 Å². The van der Waals surface area contributed by atoms with Gasteiger partial charge in [0.25, 0.3) is 0 Å². The van der Waals surface area contributed by atoms with Crippen molar-refractivity contribution >= 4 is 12.0 Å². The second-order valence-electron chi connectivity index (χ2n) is 4.39. The van der Waals surface area contributed by atoms with Crippen LogP contribution in [0.25, 0.3) is 0 Å². The summed E-state index contributed by atoms with van der Waals surface area (Å²) in [5.74, 6) is -1.03. The van der Waals surface area contributed by atoms with E-state index in [1.165, 1.54) is 11.0 Å². The first-order valence-corrected chi connectivity index (χ1v) is 6.42. The van der Waals surface area contributed by atoms with Crippen LogP contribution < -0.4 is 10.6 Å². The molecule has 0 bridgehead atoms. The second kappa shape index (κ2) is 8.49. The highest BCUT2D eigenvalue weighted by Crippen LogP contribution is 1.93. The molecule has 0 aromatic carbocycles. The number of hydrogen-bond acceptors (Lipinski definition) is 4. The maximum absolute atomic E-state index is 11.8. The Kier molecular flexibility index (Phi) is 6.91. The van der Waals surface area contributed by atoms with Gasteiger partial charge in [0.2, 0.25) is 0 Å². The van der Waals surface area contributed by atoms with Crippen LogP contribution in [0.3, 0.4) is 0 Å². The Hall–Kier alpha value is -1.60. The van der Waals surface area contributed by atoms with Gasteiger partial charge < -0.3 is 20.6 Å². The minimum absolute atomic E-state index is 0.228. The van der Waals surface area contributed by atoms with Gasteiger partial charge in [-0.05, 0) is 0 Å². The minimum atomic E-state index is -1.03. The van der Waals surface area contributed by atoms with Crippen LogP contribution >= 0.6 is 0 Å². The van der Waals surface area contributed by atoms with Crippen molar-refractivity contribution in [2.24, 2.45) is 0 Å². The maximum Gasteiger partial charge on any atom is 0.323 e. The normalized spacial score (nSPS) is 15.8. The van der Waals surface area contributed by atoms with Crippen molar-refractivity contribution in [2.45, 2.75) is 0 Å². The van der Waals surface area contributed by atoms with Crippen molar-refractivity contribution in [2.75, 3.05) is 52.4 Å². The lowest BCUT2D eigenvalue weighted by atomic mass is 10.3. The molecule has 1 aliphatic rings. The standard InChI is InChI=1S/C12H22N4O3/c1-2-6-16(10-11(17)18)12(19)14-5-9-15-7-3-13-4-8-15/h2,13H,1,3-10H2,(H,14,19)(H,17,18). The van der Waals surface area contributed by atoms with Gasteiger partial charge in [0.15, 0.2) is 0 Å². The van der Waals surface area contributed by atoms with Gasteiger partial charge in [-0.3, -0.25) is 9.69 Å². The van der Waals surface area contributed by atoms with Crippen molar-refractivity contribution in [1.29, 1.82) is 0 Å². The maximum atomic E-state index is 11.8. The van der Waals surface area contributed by atoms with E-state index in [9.17, 15) is 9.59 Å². The zero-order chi connectivity index (χ0) is 14.1. The fraction of sp³-hybridized carbons (Fsp3) is 0.667. The second-order valence-corrected chi connectivity index (χ2v) is 4.39. The molecule has 1 saturated heterocycles. The molecule has 1 fully saturated rings. The van der Waals surface area contributed by atoms with E-state index in [0.717, 1.165) is 32.7 Å². The van der Waals surface area contributed by atoms with Gasteiger partial charge in [-0.15, -0.1) is 6.58 Å². The smallest absolute Gasteiger partial charge is 0.323 e. The van der Waals surface area contributed by atoms with Crippen LogP contribution in [0.4, 0.5) is 4.79 Å². The van der Waals surface area contributed by atoms with Crippen LogP contribution in [-0.4, -0.2) is 79.3 Å². The molecule has 1 rings (SSSR count). The third kappa shape index (κ3) is 6.21. The summed E-state index contributed by atoms with van der Waals surface area (Å²) >= 11 is 0. The molecule has 1 aliphatic heterocycles. The van der Waals surface area contributed by atoms with Crippen molar-refractivity contribution in [3.63, 3.8) is 0 Å². The zero-order valence-corrected chi connectivity index (χ0v) is 11.1. The highest BCUT2D eigenvalue weighted by atomic mass is 16.4. The number of hydrogen-bond donors (Lipinski definition) is 3. The molecule has 1 heterocycles. The Bertz CT molecular complexity index is 316. The first kappa shape index (κ1) is 15.5. The number of nitrogens with one attached hydrogen (secondary N) is 2. The molecule has 0 spiro atoms. The number of rotatable bonds is 7. The predicted octanol–water partition coefficient (Wildman–Crippen LogP) is -0.826. The molecule has 2 amide bonds. The number of carboxylic acid groups (broad SMARTS) is 1. The van der Waals surface area contributed by atoms with Gasteiger partial charge in [0.1, 0.15) is 6.54 Å². The molecular weight excluding hydrogens is 248 g/mol. The molecule has 0 saturated carbocycles. The third-order valence-electron chi connectivity index (χ3n) is 2.88. The van der Waals surface area contributed by atoms with E-state index in [4.69, 9.17) is 5.11 Å². The number of carbonyl (C=O) groups is 2. The van der Waals surface area contributed by atoms with E-state index in [2.05, 4.69) is 22.1 Å². The van der Waals surface area contributed by atoms with E-state index < -0.39 is 5.97 Å². The topological polar surface area (TPSA) is 84.9 Å². The minimum Gasteiger partial charge on any atom is -0.480 e. The number of aliphatic carboxylic acids is 1. The van der Waals surface area contributed by atoms with Crippen LogP contribution in [0, 0.1) is 0 Å². The van der Waals surface area contributed by atoms with Crippen molar-refractivity contribution in [3.8, 4) is 0 Å². The van der Waals surface area contributed by atoms with Crippen LogP contribution in [0.2, 0.25) is 0 Å². The van der Waals surface area contributed by atoms with Gasteiger partial charge in [0.05, 0.1) is 0 Å². The zero-order valence-electron chi connectivity index (χ0n) is 11.1. The molecule has 7 heteroatoms. The summed E-state index contributed by atoms with van der Waals surface area (Å²) in [5, 5.41) is 14.7. The Morgan fingerprint density at radius 3 is 2.68 bits per heavy atom. The Labute approximate surface area is 113 Å². The number of amides is 2. The molecular formula is C12H22N4O3. The van der Waals surface area contributed by atoms with E-state index in [1.807, 2.05) is 0 Å². The third-order valence-corrected chi connectivity index (χ3v) is 2.88. The Morgan fingerprint density at radius 1 is 1.42 bits per heavy atom. The molecule has 19 heavy (non-hydrogen) atoms. The Morgan fingerprint density at radius 2 is 2.11 bits per heavy atom. The summed E-state index contributed by atoms with van der Waals surface area (Å²) in [6, 6.07) is -0.363. The molecule has 0 aromatic heterocycles. The summed E-state index contributed by atoms with van der Waals surface area (Å²) < 4.78 is 0. The van der Waals surface area contributed by atoms with Crippen LogP contribution in [-0.2, 0) is 4.79 Å². The van der Waals surface area contributed by atoms with Gasteiger partial charge in [0, 0.05) is 45.8 Å². The molecule has 108 valence electrons. The van der Waals surface area contributed by atoms with Crippen molar-refractivity contribution in [1.82, 2.24) is 20.4 Å². The summed E-state index contributed by atoms with van der Waals surface area (Å²) in [5.41, 5.74) is 0. The van der Waals surface area contributed by atoms with Crippen LogP contribution in [0.5, 0.6) is 0 Å². The molecule has 0 aliphatic carbocycles. The number of piperazine rings is 1. The number of carbonyl (C=O) groups excluding carboxylic acids is 1. The number of carboxylic acids is 1. The highest BCUT2D eigenvalue weighted by molar-refractivity contribution is 5.80. The van der Waals surface area contributed by atoms with Crippen molar-refractivity contribution < 1.29 is 14.7 Å². The van der Waals surface area contributed by atoms with Gasteiger partial charge in [-0.25, -0.2) is 4.79 Å². The van der Waals surface area contributed by atoms with E-state index in [0.29, 0.717) is 6.54 Å². The summed E-state index contributed by atoms with van der Waals surface area (Å²) in [6.45, 7) is 8.61. The first-order valence-electron chi connectivity index (χ1n) is 6.42. The number of urea groups is 1. The van der Waals surface area contributed by atoms with Gasteiger partial charge >= 0.3 is 12.0 Å². The average Bonchev–Trinajstić information content (AvgIpc) is 2.39. The largest absolute Gasteiger partial charge is 0.480 e. The average molecular weight is 270 g/mol. The monoisotopic (exact) mass is 270 g/mol. The van der Waals surface area contributed by atoms with Crippen molar-refractivity contribution in [3.05, 3.63) is 12.7 Å². The predicted molar refractivity (Wildman–Crippen MR) is 72.1 cm³/mol. The molecule has 0 unspecified atom stereocenters. The summed E-state index contributed by atoms with van der Waals surface area (Å²) in [7, 11) is 0. The van der Waals surface area contributed by atoms with Crippen LogP contribution in [0.1, 0.15) is 0 Å². The lowest BCUT2D eigenvalue weighted by molar-refractivity contribution is -0.137. The lowest BCUT2D eigenvalue weighted by Gasteiger charge is -2.27. The van der Waals surface area contributed by atoms with Gasteiger partial charge in [-0.1, -0.05) is 6.08 Å². The number of nitrogens with zero attached hydrogens (tertiary/aromatic N) is 2. The molecule has 0 aromatic rings. The Balaban J connectivity index is 2.26. The molecule has 0 atom stereocenters. The fourth-order valence-corrected chi connectivity index (χ4v) is 1.91. The lowest BCUT2D eigenvalue weighted by Crippen LogP contribution is -2.48. The summed E-state index contributed by atoms with van der Waals surface area (Å²) in [6.07, 6.45) is 1.51. The first-order chi connectivity index (χ1) is 9.13. The quantitative estimate of drug-likeness (QED) is 0.526. The van der Waals surface area contributed by atoms with E-state index in [1.54, 1.807) is 0 Å². The SMILES string of the molecule is C=CCN(CC(=O)O)C(=O)NCCN1CCNCC1. The molecule has 3 N–H and O–H groups in total. The van der Waals surface area contributed by atoms with E-state index in [-0.39, 0.29) is 19.1 Å². The van der Waals surface area contributed by atoms with E-state index >= 15 is 0 Å². The molecule has 0 radical (unpaired) electrons. The highest BCUT2D eigenvalue weighted by Gasteiger charge is 2.15.